The molecule has 9 nitrogen and oxygen atoms in total. The highest BCUT2D eigenvalue weighted by Crippen LogP contribution is 2.42. The summed E-state index contributed by atoms with van der Waals surface area (Å²) < 4.78 is 15.5. The van der Waals surface area contributed by atoms with Gasteiger partial charge in [0.05, 0.1) is 23.5 Å². The zero-order chi connectivity index (χ0) is 29.8. The van der Waals surface area contributed by atoms with Crippen molar-refractivity contribution < 1.29 is 14.3 Å². The number of aliphatic hydroxyl groups is 1. The van der Waals surface area contributed by atoms with Crippen LogP contribution in [-0.2, 0) is 16.6 Å². The highest BCUT2D eigenvalue weighted by Gasteiger charge is 2.43. The average molecular weight is 578 g/mol. The van der Waals surface area contributed by atoms with Crippen molar-refractivity contribution >= 4 is 17.2 Å². The monoisotopic (exact) mass is 577 g/mol. The largest absolute Gasteiger partial charge is 0.390 e. The summed E-state index contributed by atoms with van der Waals surface area (Å²) in [6, 6.07) is 9.42. The first-order valence-corrected chi connectivity index (χ1v) is 15.2. The van der Waals surface area contributed by atoms with Gasteiger partial charge in [0.1, 0.15) is 12.1 Å². The fourth-order valence-corrected chi connectivity index (χ4v) is 7.28. The number of likely N-dealkylation sites (tertiary alicyclic amines) is 1. The summed E-state index contributed by atoms with van der Waals surface area (Å²) in [5, 5.41) is 18.8. The van der Waals surface area contributed by atoms with Gasteiger partial charge in [-0.2, -0.15) is 5.10 Å². The van der Waals surface area contributed by atoms with Crippen molar-refractivity contribution in [1.29, 1.82) is 0 Å². The Morgan fingerprint density at radius 1 is 1.17 bits per heavy atom. The Balaban J connectivity index is 1.26. The molecule has 3 aliphatic heterocycles. The third-order valence-electron chi connectivity index (χ3n) is 9.50. The molecule has 10 heteroatoms. The molecule has 4 atom stereocenters. The Bertz CT molecular complexity index is 1450. The zero-order valence-electron chi connectivity index (χ0n) is 25.5. The van der Waals surface area contributed by atoms with E-state index in [1.54, 1.807) is 18.5 Å². The number of benzene rings is 1. The van der Waals surface area contributed by atoms with Crippen LogP contribution in [0.5, 0.6) is 0 Å². The number of rotatable bonds is 6. The Hall–Kier alpha value is -2.92. The molecule has 1 aromatic carbocycles. The second-order valence-electron chi connectivity index (χ2n) is 13.8. The molecule has 2 saturated heterocycles. The number of nitrogens with zero attached hydrogens (tertiary/aromatic N) is 6. The van der Waals surface area contributed by atoms with E-state index in [1.165, 1.54) is 12.1 Å². The molecule has 3 aromatic rings. The van der Waals surface area contributed by atoms with Gasteiger partial charge in [-0.25, -0.2) is 13.9 Å². The fraction of sp³-hybridized carbons (Fsp3) is 0.594. The van der Waals surface area contributed by atoms with Gasteiger partial charge in [-0.3, -0.25) is 14.6 Å². The predicted molar refractivity (Wildman–Crippen MR) is 161 cm³/mol. The molecule has 42 heavy (non-hydrogen) atoms. The van der Waals surface area contributed by atoms with Gasteiger partial charge < -0.3 is 15.3 Å². The number of aromatic nitrogens is 3. The highest BCUT2D eigenvalue weighted by molar-refractivity contribution is 5.97. The maximum atomic E-state index is 14.2. The summed E-state index contributed by atoms with van der Waals surface area (Å²) in [5.74, 6) is -0.177. The number of nitrogens with one attached hydrogen (secondary N) is 1. The topological polar surface area (TPSA) is 89.2 Å². The molecule has 0 spiro atoms. The van der Waals surface area contributed by atoms with Crippen molar-refractivity contribution in [2.75, 3.05) is 44.2 Å². The lowest BCUT2D eigenvalue weighted by Crippen LogP contribution is -2.62. The van der Waals surface area contributed by atoms with Crippen LogP contribution in [0, 0.1) is 5.82 Å². The van der Waals surface area contributed by atoms with Crippen LogP contribution >= 0.6 is 0 Å². The lowest BCUT2D eigenvalue weighted by atomic mass is 9.88. The van der Waals surface area contributed by atoms with Gasteiger partial charge >= 0.3 is 0 Å². The predicted octanol–water partition coefficient (Wildman–Crippen LogP) is 2.98. The van der Waals surface area contributed by atoms with Crippen LogP contribution in [0.25, 0.3) is 5.65 Å². The second kappa shape index (κ2) is 11.0. The molecule has 0 bridgehead atoms. The molecule has 0 radical (unpaired) electrons. The molecule has 2 N–H and O–H groups in total. The van der Waals surface area contributed by atoms with E-state index in [0.717, 1.165) is 67.2 Å². The third kappa shape index (κ3) is 5.69. The lowest BCUT2D eigenvalue weighted by molar-refractivity contribution is -0.121. The highest BCUT2D eigenvalue weighted by atomic mass is 19.1. The second-order valence-corrected chi connectivity index (χ2v) is 13.8. The summed E-state index contributed by atoms with van der Waals surface area (Å²) in [6.45, 7) is 14.9. The van der Waals surface area contributed by atoms with Crippen molar-refractivity contribution in [1.82, 2.24) is 29.7 Å². The Kier molecular flexibility index (Phi) is 7.62. The molecular weight excluding hydrogens is 533 g/mol. The number of piperidine rings is 1. The fourth-order valence-electron chi connectivity index (χ4n) is 7.28. The van der Waals surface area contributed by atoms with Crippen molar-refractivity contribution in [3.63, 3.8) is 0 Å². The number of piperazine rings is 1. The molecule has 1 amide bonds. The smallest absolute Gasteiger partial charge is 0.241 e. The van der Waals surface area contributed by atoms with E-state index in [9.17, 15) is 14.3 Å². The van der Waals surface area contributed by atoms with Gasteiger partial charge in [-0.15, -0.1) is 0 Å². The van der Waals surface area contributed by atoms with E-state index < -0.39 is 5.60 Å². The van der Waals surface area contributed by atoms with E-state index in [4.69, 9.17) is 0 Å². The number of hydrogen-bond donors (Lipinski definition) is 2. The number of anilines is 1. The Morgan fingerprint density at radius 3 is 2.67 bits per heavy atom. The first-order chi connectivity index (χ1) is 19.9. The van der Waals surface area contributed by atoms with E-state index in [2.05, 4.69) is 59.0 Å². The molecule has 2 aromatic heterocycles. The van der Waals surface area contributed by atoms with E-state index >= 15 is 0 Å². The Morgan fingerprint density at radius 2 is 1.93 bits per heavy atom. The van der Waals surface area contributed by atoms with Gasteiger partial charge in [0.2, 0.25) is 5.91 Å². The first-order valence-electron chi connectivity index (χ1n) is 15.2. The average Bonchev–Trinajstić information content (AvgIpc) is 3.50. The van der Waals surface area contributed by atoms with Crippen LogP contribution in [0.2, 0.25) is 0 Å². The normalized spacial score (nSPS) is 28.4. The first kappa shape index (κ1) is 29.2. The molecule has 3 aliphatic rings. The van der Waals surface area contributed by atoms with E-state index in [-0.39, 0.29) is 23.2 Å². The number of carbonyl (C=O) groups is 1. The summed E-state index contributed by atoms with van der Waals surface area (Å²) in [5.41, 5.74) is 3.66. The maximum Gasteiger partial charge on any atom is 0.241 e. The molecule has 2 fully saturated rings. The summed E-state index contributed by atoms with van der Waals surface area (Å²) in [7, 11) is 0. The van der Waals surface area contributed by atoms with Crippen molar-refractivity contribution in [3.05, 3.63) is 59.3 Å². The standard InChI is InChI=1S/C32H44FN7O2/c1-21-16-38(26(15-34-21)17-37-11-10-32(5,42)14-22(37)2)18-28(41)39-19-31(3,4)29-27(39)13-24(30-35-20-36-40(29)30)12-23-6-8-25(33)9-7-23/h6-9,13,20-22,26,34,42H,10-12,14-19H2,1-5H3/t21-,22-,26-,32?/m1/s1. The van der Waals surface area contributed by atoms with Crippen LogP contribution < -0.4 is 10.2 Å². The van der Waals surface area contributed by atoms with Crippen LogP contribution in [0.4, 0.5) is 10.1 Å². The molecule has 6 rings (SSSR count). The molecule has 0 aliphatic carbocycles. The van der Waals surface area contributed by atoms with Gasteiger partial charge in [0, 0.05) is 68.2 Å². The number of hydrogen-bond acceptors (Lipinski definition) is 7. The maximum absolute atomic E-state index is 14.2. The van der Waals surface area contributed by atoms with Crippen LogP contribution in [0.3, 0.4) is 0 Å². The van der Waals surface area contributed by atoms with Crippen LogP contribution in [-0.4, -0.2) is 98.4 Å². The minimum absolute atomic E-state index is 0.0859. The minimum Gasteiger partial charge on any atom is -0.390 e. The molecule has 226 valence electrons. The quantitative estimate of drug-likeness (QED) is 0.466. The molecule has 0 saturated carbocycles. The number of halogens is 1. The lowest BCUT2D eigenvalue weighted by Gasteiger charge is -2.46. The minimum atomic E-state index is -0.605. The zero-order valence-corrected chi connectivity index (χ0v) is 25.5. The van der Waals surface area contributed by atoms with Gasteiger partial charge in [0.25, 0.3) is 0 Å². The van der Waals surface area contributed by atoms with E-state index in [1.807, 2.05) is 16.3 Å². The van der Waals surface area contributed by atoms with Crippen molar-refractivity contribution in [2.24, 2.45) is 0 Å². The van der Waals surface area contributed by atoms with Gasteiger partial charge in [-0.05, 0) is 57.4 Å². The number of amides is 1. The van der Waals surface area contributed by atoms with Gasteiger partial charge in [0.15, 0.2) is 5.65 Å². The number of pyridine rings is 1. The molecule has 1 unspecified atom stereocenters. The van der Waals surface area contributed by atoms with E-state index in [0.29, 0.717) is 31.6 Å². The summed E-state index contributed by atoms with van der Waals surface area (Å²) in [6.07, 6.45) is 3.66. The Labute approximate surface area is 247 Å². The molecular formula is C32H44FN7O2. The third-order valence-corrected chi connectivity index (χ3v) is 9.50. The summed E-state index contributed by atoms with van der Waals surface area (Å²) in [4.78, 5) is 25.5. The summed E-state index contributed by atoms with van der Waals surface area (Å²) >= 11 is 0. The number of carbonyl (C=O) groups excluding carboxylic acids is 1. The number of fused-ring (bicyclic) bond motifs is 3. The van der Waals surface area contributed by atoms with Gasteiger partial charge in [-0.1, -0.05) is 26.0 Å². The molecule has 5 heterocycles. The van der Waals surface area contributed by atoms with Crippen molar-refractivity contribution in [2.45, 2.75) is 83.0 Å². The van der Waals surface area contributed by atoms with Crippen LogP contribution in [0.15, 0.2) is 36.7 Å². The van der Waals surface area contributed by atoms with Crippen LogP contribution in [0.1, 0.15) is 64.3 Å². The SMILES string of the molecule is C[C@@H]1CN(CC(=O)N2CC(C)(C)c3c2cc(Cc2ccc(F)cc2)c2ncnn32)[C@@H](CN2CCC(C)(O)C[C@H]2C)CN1. The van der Waals surface area contributed by atoms with Crippen molar-refractivity contribution in [3.8, 4) is 0 Å².